The Bertz CT molecular complexity index is 399. The summed E-state index contributed by atoms with van der Waals surface area (Å²) >= 11 is 1.45. The minimum atomic E-state index is 0.213. The Kier molecular flexibility index (Phi) is 4.02. The third-order valence-corrected chi connectivity index (χ3v) is 3.81. The Balaban J connectivity index is 1.91. The fourth-order valence-corrected chi connectivity index (χ4v) is 2.63. The molecule has 1 heterocycles. The van der Waals surface area contributed by atoms with Crippen LogP contribution in [0.4, 0.5) is 10.7 Å². The number of nitrogens with one attached hydrogen (secondary N) is 1. The molecular formula is C12H18N2O2S. The predicted octanol–water partition coefficient (Wildman–Crippen LogP) is 2.37. The highest BCUT2D eigenvalue weighted by Crippen LogP contribution is 2.38. The molecule has 1 aliphatic carbocycles. The van der Waals surface area contributed by atoms with Crippen LogP contribution in [0.25, 0.3) is 0 Å². The van der Waals surface area contributed by atoms with E-state index in [-0.39, 0.29) is 11.7 Å². The Morgan fingerprint density at radius 1 is 1.65 bits per heavy atom. The molecule has 0 amide bonds. The third-order valence-electron chi connectivity index (χ3n) is 2.68. The fraction of sp³-hybridized carbons (Fsp3) is 0.583. The zero-order valence-electron chi connectivity index (χ0n) is 9.99. The smallest absolute Gasteiger partial charge is 0.178 e. The highest BCUT2D eigenvalue weighted by atomic mass is 32.1. The van der Waals surface area contributed by atoms with E-state index >= 15 is 0 Å². The molecule has 0 atom stereocenters. The molecule has 3 N–H and O–H groups in total. The summed E-state index contributed by atoms with van der Waals surface area (Å²) in [4.78, 5) is 12.6. The summed E-state index contributed by atoms with van der Waals surface area (Å²) in [5.41, 5.74) is 6.46. The Labute approximate surface area is 105 Å². The fourth-order valence-electron chi connectivity index (χ4n) is 1.61. The third kappa shape index (κ3) is 3.20. The highest BCUT2D eigenvalue weighted by molar-refractivity contribution is 7.18. The summed E-state index contributed by atoms with van der Waals surface area (Å²) in [6.45, 7) is 4.10. The summed E-state index contributed by atoms with van der Waals surface area (Å²) in [5.74, 6) is 0.442. The van der Waals surface area contributed by atoms with Crippen LogP contribution in [0.15, 0.2) is 6.07 Å². The van der Waals surface area contributed by atoms with Crippen molar-refractivity contribution in [3.8, 4) is 0 Å². The lowest BCUT2D eigenvalue weighted by Gasteiger charge is -2.02. The van der Waals surface area contributed by atoms with Gasteiger partial charge in [0, 0.05) is 19.1 Å². The van der Waals surface area contributed by atoms with E-state index in [0.29, 0.717) is 17.2 Å². The molecule has 1 aromatic heterocycles. The van der Waals surface area contributed by atoms with E-state index < -0.39 is 0 Å². The number of nitrogens with two attached hydrogens (primary N) is 1. The van der Waals surface area contributed by atoms with Gasteiger partial charge in [-0.25, -0.2) is 0 Å². The molecule has 1 aliphatic rings. The van der Waals surface area contributed by atoms with E-state index in [1.165, 1.54) is 11.3 Å². The van der Waals surface area contributed by atoms with Gasteiger partial charge in [-0.2, -0.15) is 0 Å². The summed E-state index contributed by atoms with van der Waals surface area (Å²) in [7, 11) is 0. The second-order valence-electron chi connectivity index (χ2n) is 4.16. The van der Waals surface area contributed by atoms with Gasteiger partial charge in [-0.1, -0.05) is 0 Å². The molecule has 4 nitrogen and oxygen atoms in total. The lowest BCUT2D eigenvalue weighted by atomic mass is 10.2. The summed E-state index contributed by atoms with van der Waals surface area (Å²) in [5, 5.41) is 4.17. The van der Waals surface area contributed by atoms with Gasteiger partial charge in [-0.15, -0.1) is 11.3 Å². The highest BCUT2D eigenvalue weighted by Gasteiger charge is 2.32. The van der Waals surface area contributed by atoms with E-state index in [2.05, 4.69) is 5.32 Å². The van der Waals surface area contributed by atoms with Crippen LogP contribution in [0.5, 0.6) is 0 Å². The topological polar surface area (TPSA) is 64.3 Å². The van der Waals surface area contributed by atoms with Gasteiger partial charge in [0.1, 0.15) is 0 Å². The van der Waals surface area contributed by atoms with Gasteiger partial charge < -0.3 is 15.8 Å². The average molecular weight is 254 g/mol. The number of ketones is 1. The van der Waals surface area contributed by atoms with Gasteiger partial charge in [0.2, 0.25) is 0 Å². The van der Waals surface area contributed by atoms with Crippen LogP contribution in [0.3, 0.4) is 0 Å². The van der Waals surface area contributed by atoms with Crippen molar-refractivity contribution in [2.75, 3.05) is 30.8 Å². The molecule has 0 aliphatic heterocycles. The standard InChI is InChI=1S/C12H18N2O2S/c1-2-16-6-5-14-10-7-9(13)12(17-10)11(15)8-3-4-8/h7-8,14H,2-6,13H2,1H3. The first-order valence-electron chi connectivity index (χ1n) is 5.97. The summed E-state index contributed by atoms with van der Waals surface area (Å²) in [6, 6.07) is 1.84. The van der Waals surface area contributed by atoms with Crippen molar-refractivity contribution in [2.24, 2.45) is 5.92 Å². The number of nitrogen functional groups attached to an aromatic ring is 1. The van der Waals surface area contributed by atoms with Crippen LogP contribution in [0, 0.1) is 5.92 Å². The van der Waals surface area contributed by atoms with Crippen LogP contribution in [0.1, 0.15) is 29.4 Å². The summed E-state index contributed by atoms with van der Waals surface area (Å²) in [6.07, 6.45) is 2.03. The van der Waals surface area contributed by atoms with Gasteiger partial charge in [-0.3, -0.25) is 4.79 Å². The first-order valence-corrected chi connectivity index (χ1v) is 6.79. The van der Waals surface area contributed by atoms with Crippen molar-refractivity contribution in [1.29, 1.82) is 0 Å². The van der Waals surface area contributed by atoms with E-state index in [0.717, 1.165) is 31.0 Å². The molecule has 0 saturated heterocycles. The zero-order chi connectivity index (χ0) is 12.3. The van der Waals surface area contributed by atoms with E-state index in [9.17, 15) is 4.79 Å². The minimum Gasteiger partial charge on any atom is -0.397 e. The molecule has 1 aromatic rings. The van der Waals surface area contributed by atoms with Crippen molar-refractivity contribution in [3.63, 3.8) is 0 Å². The van der Waals surface area contributed by atoms with Gasteiger partial charge in [0.15, 0.2) is 5.78 Å². The van der Waals surface area contributed by atoms with Crippen molar-refractivity contribution >= 4 is 27.8 Å². The lowest BCUT2D eigenvalue weighted by Crippen LogP contribution is -2.07. The Hall–Kier alpha value is -1.07. The minimum absolute atomic E-state index is 0.213. The first kappa shape index (κ1) is 12.4. The number of anilines is 2. The van der Waals surface area contributed by atoms with Crippen molar-refractivity contribution in [1.82, 2.24) is 0 Å². The molecule has 1 fully saturated rings. The normalized spacial score (nSPS) is 14.9. The number of Topliss-reactive ketones (excluding diaryl/α,β-unsaturated/α-hetero) is 1. The van der Waals surface area contributed by atoms with Crippen LogP contribution in [-0.4, -0.2) is 25.5 Å². The molecule has 17 heavy (non-hydrogen) atoms. The van der Waals surface area contributed by atoms with Crippen LogP contribution in [-0.2, 0) is 4.74 Å². The molecule has 0 radical (unpaired) electrons. The van der Waals surface area contributed by atoms with Crippen molar-refractivity contribution in [2.45, 2.75) is 19.8 Å². The van der Waals surface area contributed by atoms with Crippen LogP contribution < -0.4 is 11.1 Å². The Morgan fingerprint density at radius 3 is 3.06 bits per heavy atom. The first-order chi connectivity index (χ1) is 8.22. The molecule has 5 heteroatoms. The van der Waals surface area contributed by atoms with Gasteiger partial charge in [0.25, 0.3) is 0 Å². The quantitative estimate of drug-likeness (QED) is 0.579. The van der Waals surface area contributed by atoms with Crippen molar-refractivity contribution in [3.05, 3.63) is 10.9 Å². The second kappa shape index (κ2) is 5.51. The maximum absolute atomic E-state index is 11.9. The molecule has 2 rings (SSSR count). The van der Waals surface area contributed by atoms with E-state index in [1.54, 1.807) is 0 Å². The van der Waals surface area contributed by atoms with Crippen LogP contribution >= 0.6 is 11.3 Å². The molecule has 0 unspecified atom stereocenters. The maximum atomic E-state index is 11.9. The molecule has 0 spiro atoms. The molecule has 0 bridgehead atoms. The predicted molar refractivity (Wildman–Crippen MR) is 70.8 cm³/mol. The maximum Gasteiger partial charge on any atom is 0.178 e. The van der Waals surface area contributed by atoms with Gasteiger partial charge >= 0.3 is 0 Å². The number of carbonyl (C=O) groups excluding carboxylic acids is 1. The average Bonchev–Trinajstić information content (AvgIpc) is 3.09. The molecule has 1 saturated carbocycles. The van der Waals surface area contributed by atoms with E-state index in [1.807, 2.05) is 13.0 Å². The second-order valence-corrected chi connectivity index (χ2v) is 5.21. The number of carbonyl (C=O) groups is 1. The monoisotopic (exact) mass is 254 g/mol. The molecule has 94 valence electrons. The number of hydrogen-bond donors (Lipinski definition) is 2. The molecule has 0 aromatic carbocycles. The lowest BCUT2D eigenvalue weighted by molar-refractivity contribution is 0.0972. The Morgan fingerprint density at radius 2 is 2.41 bits per heavy atom. The van der Waals surface area contributed by atoms with Gasteiger partial charge in [0.05, 0.1) is 22.2 Å². The van der Waals surface area contributed by atoms with Gasteiger partial charge in [-0.05, 0) is 25.8 Å². The van der Waals surface area contributed by atoms with Crippen molar-refractivity contribution < 1.29 is 9.53 Å². The zero-order valence-corrected chi connectivity index (χ0v) is 10.8. The SMILES string of the molecule is CCOCCNc1cc(N)c(C(=O)C2CC2)s1. The number of thiophene rings is 1. The van der Waals surface area contributed by atoms with E-state index in [4.69, 9.17) is 10.5 Å². The number of rotatable bonds is 7. The largest absolute Gasteiger partial charge is 0.397 e. The number of hydrogen-bond acceptors (Lipinski definition) is 5. The number of ether oxygens (including phenoxy) is 1. The van der Waals surface area contributed by atoms with Crippen LogP contribution in [0.2, 0.25) is 0 Å². The molecular weight excluding hydrogens is 236 g/mol. The summed E-state index contributed by atoms with van der Waals surface area (Å²) < 4.78 is 5.23.